The SMILES string of the molecule is [C-]#[N+]C([N+]#[C-])=C1Sc2c(OC(C)=O)c3c(c(OC(C)=O)c2S1)SC(=C(C#N)C#N)S3. The molecule has 0 amide bonds. The molecule has 1 aromatic rings. The van der Waals surface area contributed by atoms with Gasteiger partial charge in [-0.2, -0.15) is 20.2 Å². The van der Waals surface area contributed by atoms with Crippen molar-refractivity contribution < 1.29 is 19.1 Å². The van der Waals surface area contributed by atoms with Gasteiger partial charge in [0.25, 0.3) is 0 Å². The summed E-state index contributed by atoms with van der Waals surface area (Å²) in [5.74, 6) is -0.994. The molecule has 0 aromatic heterocycles. The Morgan fingerprint density at radius 1 is 0.800 bits per heavy atom. The van der Waals surface area contributed by atoms with Crippen LogP contribution in [0.4, 0.5) is 0 Å². The van der Waals surface area contributed by atoms with E-state index in [1.807, 2.05) is 12.1 Å². The van der Waals surface area contributed by atoms with Gasteiger partial charge in [0.1, 0.15) is 35.1 Å². The number of carbonyl (C=O) groups is 2. The van der Waals surface area contributed by atoms with Gasteiger partial charge in [-0.05, 0) is 0 Å². The van der Waals surface area contributed by atoms with Crippen LogP contribution in [0, 0.1) is 35.8 Å². The third-order valence-electron chi connectivity index (χ3n) is 3.33. The molecule has 0 N–H and O–H groups in total. The van der Waals surface area contributed by atoms with Gasteiger partial charge in [0.05, 0.1) is 23.8 Å². The van der Waals surface area contributed by atoms with E-state index in [4.69, 9.17) is 22.6 Å². The van der Waals surface area contributed by atoms with Crippen molar-refractivity contribution in [2.75, 3.05) is 0 Å². The maximum Gasteiger partial charge on any atom is 0.540 e. The number of nitriles is 2. The van der Waals surface area contributed by atoms with Crippen LogP contribution < -0.4 is 9.47 Å². The highest BCUT2D eigenvalue weighted by atomic mass is 32.2. The summed E-state index contributed by atoms with van der Waals surface area (Å²) in [6.07, 6.45) is 0. The second-order valence-electron chi connectivity index (χ2n) is 5.29. The Morgan fingerprint density at radius 2 is 1.17 bits per heavy atom. The fraction of sp³-hybridized carbons (Fsp3) is 0.111. The zero-order chi connectivity index (χ0) is 22.0. The molecule has 0 fully saturated rings. The number of rotatable bonds is 2. The van der Waals surface area contributed by atoms with E-state index in [2.05, 4.69) is 9.69 Å². The number of ether oxygens (including phenoxy) is 2. The lowest BCUT2D eigenvalue weighted by atomic mass is 10.3. The van der Waals surface area contributed by atoms with E-state index in [9.17, 15) is 20.1 Å². The van der Waals surface area contributed by atoms with Crippen molar-refractivity contribution in [2.24, 2.45) is 0 Å². The highest BCUT2D eigenvalue weighted by Gasteiger charge is 2.40. The smallest absolute Gasteiger partial charge is 0.424 e. The van der Waals surface area contributed by atoms with Gasteiger partial charge in [-0.3, -0.25) is 9.59 Å². The molecule has 146 valence electrons. The lowest BCUT2D eigenvalue weighted by Gasteiger charge is -2.15. The molecule has 8 nitrogen and oxygen atoms in total. The Bertz CT molecular complexity index is 1090. The summed E-state index contributed by atoms with van der Waals surface area (Å²) in [7, 11) is 0. The molecule has 3 rings (SSSR count). The van der Waals surface area contributed by atoms with Crippen LogP contribution in [-0.2, 0) is 9.59 Å². The van der Waals surface area contributed by atoms with Crippen molar-refractivity contribution in [2.45, 2.75) is 33.4 Å². The van der Waals surface area contributed by atoms with Crippen LogP contribution in [0.15, 0.2) is 39.5 Å². The van der Waals surface area contributed by atoms with Crippen molar-refractivity contribution in [1.82, 2.24) is 0 Å². The lowest BCUT2D eigenvalue weighted by molar-refractivity contribution is -0.133. The second kappa shape index (κ2) is 8.79. The second-order valence-corrected chi connectivity index (χ2v) is 9.89. The van der Waals surface area contributed by atoms with Gasteiger partial charge >= 0.3 is 17.8 Å². The molecule has 0 aliphatic carbocycles. The quantitative estimate of drug-likeness (QED) is 0.249. The van der Waals surface area contributed by atoms with Gasteiger partial charge in [0.2, 0.25) is 0 Å². The summed E-state index contributed by atoms with van der Waals surface area (Å²) in [5, 5.41) is 18.4. The summed E-state index contributed by atoms with van der Waals surface area (Å²) in [6, 6.07) is 3.64. The number of hydrogen-bond acceptors (Lipinski definition) is 10. The maximum absolute atomic E-state index is 11.8. The van der Waals surface area contributed by atoms with Crippen LogP contribution in [0.25, 0.3) is 9.69 Å². The third kappa shape index (κ3) is 3.87. The average Bonchev–Trinajstić information content (AvgIpc) is 3.31. The Labute approximate surface area is 187 Å². The zero-order valence-corrected chi connectivity index (χ0v) is 18.3. The predicted octanol–water partition coefficient (Wildman–Crippen LogP) is 5.16. The van der Waals surface area contributed by atoms with Gasteiger partial charge in [-0.1, -0.05) is 47.0 Å². The van der Waals surface area contributed by atoms with Crippen LogP contribution in [-0.4, -0.2) is 11.9 Å². The van der Waals surface area contributed by atoms with Gasteiger partial charge in [-0.15, -0.1) is 0 Å². The number of carbonyl (C=O) groups excluding carboxylic acids is 2. The third-order valence-corrected chi connectivity index (χ3v) is 8.48. The first kappa shape index (κ1) is 21.7. The van der Waals surface area contributed by atoms with Crippen molar-refractivity contribution in [3.8, 4) is 23.6 Å². The van der Waals surface area contributed by atoms with Crippen LogP contribution in [0.5, 0.6) is 11.5 Å². The van der Waals surface area contributed by atoms with Crippen molar-refractivity contribution in [3.05, 3.63) is 42.7 Å². The largest absolute Gasteiger partial charge is 0.540 e. The standard InChI is InChI=1S/C18H6N4O4S4/c1-7(23)25-10-12-13(28-17(27-12)9(5-19)6-20)11(26-8(2)24)15-14(10)29-18(30-15)16(21-3)22-4/h1-2H3. The number of allylic oxidation sites excluding steroid dienone is 1. The van der Waals surface area contributed by atoms with E-state index >= 15 is 0 Å². The van der Waals surface area contributed by atoms with E-state index in [1.54, 1.807) is 0 Å². The minimum Gasteiger partial charge on any atom is -0.424 e. The van der Waals surface area contributed by atoms with Gasteiger partial charge in [0, 0.05) is 13.8 Å². The summed E-state index contributed by atoms with van der Waals surface area (Å²) in [6.45, 7) is 16.8. The average molecular weight is 471 g/mol. The first-order valence-electron chi connectivity index (χ1n) is 7.70. The number of fused-ring (bicyclic) bond motifs is 2. The number of thioether (sulfide) groups is 4. The molecule has 0 spiro atoms. The topological polar surface area (TPSA) is 109 Å². The fourth-order valence-electron chi connectivity index (χ4n) is 2.30. The fourth-order valence-corrected chi connectivity index (χ4v) is 7.44. The molecule has 0 saturated heterocycles. The van der Waals surface area contributed by atoms with Crippen LogP contribution >= 0.6 is 47.0 Å². The molecule has 2 aliphatic heterocycles. The molecule has 0 unspecified atom stereocenters. The van der Waals surface area contributed by atoms with Crippen LogP contribution in [0.1, 0.15) is 13.8 Å². The van der Waals surface area contributed by atoms with Crippen molar-refractivity contribution in [1.29, 1.82) is 10.5 Å². The molecule has 0 atom stereocenters. The molecule has 0 radical (unpaired) electrons. The molecule has 1 aromatic carbocycles. The predicted molar refractivity (Wildman–Crippen MR) is 111 cm³/mol. The Morgan fingerprint density at radius 3 is 1.47 bits per heavy atom. The molecule has 12 heteroatoms. The Balaban J connectivity index is 2.33. The Kier molecular flexibility index (Phi) is 6.36. The molecule has 0 saturated carbocycles. The van der Waals surface area contributed by atoms with E-state index in [0.29, 0.717) is 28.1 Å². The molecular formula is C18H6N4O4S4. The minimum absolute atomic E-state index is 0.118. The highest BCUT2D eigenvalue weighted by Crippen LogP contribution is 2.68. The van der Waals surface area contributed by atoms with Crippen LogP contribution in [0.2, 0.25) is 0 Å². The summed E-state index contributed by atoms with van der Waals surface area (Å²) in [4.78, 5) is 31.7. The number of hydrogen-bond donors (Lipinski definition) is 0. The summed E-state index contributed by atoms with van der Waals surface area (Å²) >= 11 is 4.26. The zero-order valence-electron chi connectivity index (χ0n) is 15.1. The minimum atomic E-state index is -0.595. The first-order valence-corrected chi connectivity index (χ1v) is 11.0. The summed E-state index contributed by atoms with van der Waals surface area (Å²) < 4.78 is 11.6. The lowest BCUT2D eigenvalue weighted by Crippen LogP contribution is -2.07. The molecule has 30 heavy (non-hydrogen) atoms. The van der Waals surface area contributed by atoms with Gasteiger partial charge < -0.3 is 9.47 Å². The van der Waals surface area contributed by atoms with E-state index < -0.39 is 11.9 Å². The van der Waals surface area contributed by atoms with Crippen molar-refractivity contribution >= 4 is 59.0 Å². The molecule has 2 aliphatic rings. The van der Waals surface area contributed by atoms with Gasteiger partial charge in [0.15, 0.2) is 11.5 Å². The van der Waals surface area contributed by atoms with E-state index in [-0.39, 0.29) is 22.9 Å². The van der Waals surface area contributed by atoms with E-state index in [0.717, 1.165) is 47.0 Å². The summed E-state index contributed by atoms with van der Waals surface area (Å²) in [5.41, 5.74) is -0.118. The van der Waals surface area contributed by atoms with Crippen LogP contribution in [0.3, 0.4) is 0 Å². The molecule has 2 heterocycles. The maximum atomic E-state index is 11.8. The molecule has 0 bridgehead atoms. The number of benzene rings is 1. The Hall–Kier alpha value is -3.00. The van der Waals surface area contributed by atoms with Gasteiger partial charge in [-0.25, -0.2) is 0 Å². The monoisotopic (exact) mass is 470 g/mol. The normalized spacial score (nSPS) is 13.1. The molecular weight excluding hydrogens is 464 g/mol. The first-order chi connectivity index (χ1) is 14.3. The number of esters is 2. The number of nitrogens with zero attached hydrogens (tertiary/aromatic N) is 4. The van der Waals surface area contributed by atoms with Crippen molar-refractivity contribution in [3.63, 3.8) is 0 Å². The highest BCUT2D eigenvalue weighted by molar-refractivity contribution is 8.26. The van der Waals surface area contributed by atoms with E-state index in [1.165, 1.54) is 13.8 Å².